The lowest BCUT2D eigenvalue weighted by Crippen LogP contribution is -2.53. The Balaban J connectivity index is 0.00000220. The van der Waals surface area contributed by atoms with Crippen LogP contribution in [0.25, 0.3) is 0 Å². The third-order valence-corrected chi connectivity index (χ3v) is 6.27. The quantitative estimate of drug-likeness (QED) is 0.889. The lowest BCUT2D eigenvalue weighted by molar-refractivity contribution is 0.155. The molecule has 1 saturated heterocycles. The minimum Gasteiger partial charge on any atom is -0.327 e. The Bertz CT molecular complexity index is 617. The van der Waals surface area contributed by atoms with Crippen LogP contribution in [0.3, 0.4) is 0 Å². The highest BCUT2D eigenvalue weighted by Crippen LogP contribution is 2.32. The van der Waals surface area contributed by atoms with Crippen LogP contribution in [0.4, 0.5) is 0 Å². The number of piperidine rings is 1. The van der Waals surface area contributed by atoms with Crippen molar-refractivity contribution in [3.05, 3.63) is 28.8 Å². The Morgan fingerprint density at radius 1 is 1.38 bits per heavy atom. The molecule has 0 radical (unpaired) electrons. The molecule has 0 aliphatic carbocycles. The number of nitrogens with two attached hydrogens (primary N) is 1. The van der Waals surface area contributed by atoms with E-state index in [1.807, 2.05) is 13.8 Å². The number of rotatable bonds is 2. The van der Waals surface area contributed by atoms with Crippen molar-refractivity contribution in [3.63, 3.8) is 0 Å². The molecule has 1 aliphatic heterocycles. The summed E-state index contributed by atoms with van der Waals surface area (Å²) in [6.07, 6.45) is 0.672. The lowest BCUT2D eigenvalue weighted by atomic mass is 9.81. The van der Waals surface area contributed by atoms with E-state index in [2.05, 4.69) is 0 Å². The smallest absolute Gasteiger partial charge is 0.243 e. The maximum atomic E-state index is 12.8. The fraction of sp³-hybridized carbons (Fsp3) is 0.571. The minimum absolute atomic E-state index is 0. The molecule has 0 saturated carbocycles. The molecule has 0 bridgehead atoms. The molecule has 7 heteroatoms. The van der Waals surface area contributed by atoms with Gasteiger partial charge >= 0.3 is 0 Å². The first-order valence-corrected chi connectivity index (χ1v) is 8.48. The molecule has 0 amide bonds. The van der Waals surface area contributed by atoms with Crippen LogP contribution in [0.15, 0.2) is 23.1 Å². The van der Waals surface area contributed by atoms with Crippen LogP contribution in [0.2, 0.25) is 5.02 Å². The van der Waals surface area contributed by atoms with Crippen molar-refractivity contribution in [1.82, 2.24) is 4.31 Å². The van der Waals surface area contributed by atoms with Gasteiger partial charge in [-0.3, -0.25) is 0 Å². The predicted octanol–water partition coefficient (Wildman–Crippen LogP) is 2.82. The van der Waals surface area contributed by atoms with E-state index >= 15 is 0 Å². The van der Waals surface area contributed by atoms with Gasteiger partial charge < -0.3 is 5.73 Å². The minimum atomic E-state index is -3.52. The van der Waals surface area contributed by atoms with Gasteiger partial charge in [0.25, 0.3) is 0 Å². The summed E-state index contributed by atoms with van der Waals surface area (Å²) in [6.45, 7) is 6.68. The standard InChI is InChI=1S/C14H21ClN2O2S.ClH/c1-10-4-5-11(15)8-12(10)20(18,19)17-7-6-13(16)14(2,3)9-17;/h4-5,8,13H,6-7,9,16H2,1-3H3;1H. The van der Waals surface area contributed by atoms with Gasteiger partial charge in [-0.05, 0) is 36.5 Å². The first-order chi connectivity index (χ1) is 9.14. The third kappa shape index (κ3) is 3.71. The lowest BCUT2D eigenvalue weighted by Gasteiger charge is -2.41. The van der Waals surface area contributed by atoms with Crippen LogP contribution >= 0.6 is 24.0 Å². The third-order valence-electron chi connectivity index (χ3n) is 4.05. The Morgan fingerprint density at radius 3 is 2.57 bits per heavy atom. The summed E-state index contributed by atoms with van der Waals surface area (Å²) in [5.74, 6) is 0. The summed E-state index contributed by atoms with van der Waals surface area (Å²) in [7, 11) is -3.52. The summed E-state index contributed by atoms with van der Waals surface area (Å²) in [4.78, 5) is 0.288. The normalized spacial score (nSPS) is 22.6. The van der Waals surface area contributed by atoms with Crippen molar-refractivity contribution >= 4 is 34.0 Å². The fourth-order valence-corrected chi connectivity index (χ4v) is 4.63. The van der Waals surface area contributed by atoms with Gasteiger partial charge in [0.05, 0.1) is 4.90 Å². The molecule has 1 unspecified atom stereocenters. The summed E-state index contributed by atoms with van der Waals surface area (Å²) in [5, 5.41) is 0.433. The number of aryl methyl sites for hydroxylation is 1. The second-order valence-electron chi connectivity index (χ2n) is 6.13. The van der Waals surface area contributed by atoms with Gasteiger partial charge in [0.15, 0.2) is 0 Å². The number of hydrogen-bond donors (Lipinski definition) is 1. The van der Waals surface area contributed by atoms with Crippen LogP contribution in [0.1, 0.15) is 25.8 Å². The number of sulfonamides is 1. The molecule has 2 rings (SSSR count). The molecular weight excluding hydrogens is 331 g/mol. The summed E-state index contributed by atoms with van der Waals surface area (Å²) >= 11 is 5.94. The Hall–Kier alpha value is -0.330. The van der Waals surface area contributed by atoms with E-state index in [4.69, 9.17) is 17.3 Å². The van der Waals surface area contributed by atoms with E-state index in [0.29, 0.717) is 30.1 Å². The average Bonchev–Trinajstić information content (AvgIpc) is 2.35. The van der Waals surface area contributed by atoms with Gasteiger partial charge in [0, 0.05) is 24.2 Å². The first kappa shape index (κ1) is 18.7. The highest BCUT2D eigenvalue weighted by Gasteiger charge is 2.39. The van der Waals surface area contributed by atoms with Gasteiger partial charge in [-0.15, -0.1) is 12.4 Å². The highest BCUT2D eigenvalue weighted by molar-refractivity contribution is 7.89. The van der Waals surface area contributed by atoms with Crippen LogP contribution in [-0.2, 0) is 10.0 Å². The molecule has 1 aliphatic rings. The van der Waals surface area contributed by atoms with Crippen molar-refractivity contribution in [3.8, 4) is 0 Å². The van der Waals surface area contributed by atoms with Crippen LogP contribution in [0.5, 0.6) is 0 Å². The fourth-order valence-electron chi connectivity index (χ4n) is 2.52. The van der Waals surface area contributed by atoms with E-state index in [9.17, 15) is 8.42 Å². The van der Waals surface area contributed by atoms with Crippen molar-refractivity contribution in [2.24, 2.45) is 11.1 Å². The number of nitrogens with zero attached hydrogens (tertiary/aromatic N) is 1. The number of benzene rings is 1. The summed E-state index contributed by atoms with van der Waals surface area (Å²) in [6, 6.07) is 4.98. The summed E-state index contributed by atoms with van der Waals surface area (Å²) < 4.78 is 27.1. The van der Waals surface area contributed by atoms with E-state index in [1.165, 1.54) is 10.4 Å². The maximum Gasteiger partial charge on any atom is 0.243 e. The monoisotopic (exact) mass is 352 g/mol. The molecule has 1 atom stereocenters. The molecule has 120 valence electrons. The molecule has 1 aromatic rings. The van der Waals surface area contributed by atoms with Gasteiger partial charge in [0.1, 0.15) is 0 Å². The second kappa shape index (κ2) is 6.42. The Kier molecular flexibility index (Phi) is 5.73. The van der Waals surface area contributed by atoms with Crippen molar-refractivity contribution < 1.29 is 8.42 Å². The number of hydrogen-bond acceptors (Lipinski definition) is 3. The Morgan fingerprint density at radius 2 is 2.00 bits per heavy atom. The summed E-state index contributed by atoms with van der Waals surface area (Å²) in [5.41, 5.74) is 6.55. The topological polar surface area (TPSA) is 63.4 Å². The molecular formula is C14H22Cl2N2O2S. The van der Waals surface area contributed by atoms with Gasteiger partial charge in [-0.25, -0.2) is 8.42 Å². The van der Waals surface area contributed by atoms with Gasteiger partial charge in [-0.2, -0.15) is 4.31 Å². The van der Waals surface area contributed by atoms with E-state index in [-0.39, 0.29) is 28.8 Å². The van der Waals surface area contributed by atoms with Crippen molar-refractivity contribution in [2.45, 2.75) is 38.1 Å². The molecule has 2 N–H and O–H groups in total. The molecule has 1 fully saturated rings. The van der Waals surface area contributed by atoms with Crippen LogP contribution in [0, 0.1) is 12.3 Å². The van der Waals surface area contributed by atoms with E-state index in [1.54, 1.807) is 19.1 Å². The van der Waals surface area contributed by atoms with E-state index < -0.39 is 10.0 Å². The maximum absolute atomic E-state index is 12.8. The SMILES string of the molecule is Cc1ccc(Cl)cc1S(=O)(=O)N1CCC(N)C(C)(C)C1.Cl. The molecule has 1 heterocycles. The van der Waals surface area contributed by atoms with E-state index in [0.717, 1.165) is 0 Å². The Labute approximate surface area is 138 Å². The van der Waals surface area contributed by atoms with Crippen molar-refractivity contribution in [1.29, 1.82) is 0 Å². The molecule has 0 spiro atoms. The van der Waals surface area contributed by atoms with Crippen LogP contribution in [-0.4, -0.2) is 31.9 Å². The zero-order valence-electron chi connectivity index (χ0n) is 12.5. The zero-order valence-corrected chi connectivity index (χ0v) is 14.9. The van der Waals surface area contributed by atoms with Crippen LogP contribution < -0.4 is 5.73 Å². The average molecular weight is 353 g/mol. The number of halogens is 2. The largest absolute Gasteiger partial charge is 0.327 e. The second-order valence-corrected chi connectivity index (χ2v) is 8.47. The molecule has 0 aromatic heterocycles. The van der Waals surface area contributed by atoms with Gasteiger partial charge in [-0.1, -0.05) is 31.5 Å². The van der Waals surface area contributed by atoms with Crippen molar-refractivity contribution in [2.75, 3.05) is 13.1 Å². The molecule has 21 heavy (non-hydrogen) atoms. The molecule has 1 aromatic carbocycles. The first-order valence-electron chi connectivity index (χ1n) is 6.66. The molecule has 4 nitrogen and oxygen atoms in total. The highest BCUT2D eigenvalue weighted by atomic mass is 35.5. The zero-order chi connectivity index (χ0) is 15.1. The predicted molar refractivity (Wildman–Crippen MR) is 88.6 cm³/mol. The van der Waals surface area contributed by atoms with Gasteiger partial charge in [0.2, 0.25) is 10.0 Å².